The van der Waals surface area contributed by atoms with Crippen molar-refractivity contribution >= 4 is 11.3 Å². The second kappa shape index (κ2) is 5.40. The largest absolute Gasteiger partial charge is 0.416 e. The number of benzene rings is 1. The van der Waals surface area contributed by atoms with E-state index in [0.717, 1.165) is 12.1 Å². The van der Waals surface area contributed by atoms with Crippen molar-refractivity contribution in [3.05, 3.63) is 51.9 Å². The first-order valence-electron chi connectivity index (χ1n) is 7.16. The lowest BCUT2D eigenvalue weighted by molar-refractivity contribution is -0.137. The van der Waals surface area contributed by atoms with Crippen molar-refractivity contribution in [3.63, 3.8) is 0 Å². The maximum absolute atomic E-state index is 12.6. The zero-order chi connectivity index (χ0) is 17.6. The maximum atomic E-state index is 12.6. The molecule has 0 spiro atoms. The minimum absolute atomic E-state index is 0.263. The molecule has 0 aliphatic heterocycles. The third-order valence-electron chi connectivity index (χ3n) is 3.74. The second-order valence-corrected chi connectivity index (χ2v) is 5.68. The number of nitrogens with zero attached hydrogens (tertiary/aromatic N) is 3. The Bertz CT molecular complexity index is 952. The molecule has 8 heteroatoms. The molecule has 126 valence electrons. The number of aryl methyl sites for hydroxylation is 1. The van der Waals surface area contributed by atoms with Crippen LogP contribution in [0.5, 0.6) is 0 Å². The average molecular weight is 336 g/mol. The molecule has 1 N–H and O–H groups in total. The van der Waals surface area contributed by atoms with E-state index in [-0.39, 0.29) is 5.56 Å². The van der Waals surface area contributed by atoms with E-state index in [1.807, 2.05) is 0 Å². The molecule has 0 aliphatic rings. The van der Waals surface area contributed by atoms with Crippen molar-refractivity contribution in [1.82, 2.24) is 14.6 Å². The smallest absolute Gasteiger partial charge is 0.372 e. The van der Waals surface area contributed by atoms with Crippen LogP contribution in [0, 0.1) is 6.92 Å². The molecule has 0 saturated heterocycles. The molecule has 0 amide bonds. The Kier molecular flexibility index (Phi) is 3.62. The Hall–Kier alpha value is -2.77. The molecule has 0 aliphatic carbocycles. The fraction of sp³-hybridized carbons (Fsp3) is 0.250. The van der Waals surface area contributed by atoms with Gasteiger partial charge in [0.25, 0.3) is 5.56 Å². The minimum Gasteiger partial charge on any atom is -0.372 e. The van der Waals surface area contributed by atoms with E-state index in [0.29, 0.717) is 28.3 Å². The number of H-pyrrole nitrogens is 1. The molecular formula is C16H15F3N4O. The van der Waals surface area contributed by atoms with Crippen LogP contribution in [0.25, 0.3) is 16.9 Å². The summed E-state index contributed by atoms with van der Waals surface area (Å²) in [7, 11) is 3.50. The van der Waals surface area contributed by atoms with Gasteiger partial charge in [-0.15, -0.1) is 0 Å². The van der Waals surface area contributed by atoms with Crippen molar-refractivity contribution in [2.75, 3.05) is 19.0 Å². The molecule has 24 heavy (non-hydrogen) atoms. The van der Waals surface area contributed by atoms with Gasteiger partial charge in [0.2, 0.25) is 0 Å². The topological polar surface area (TPSA) is 53.4 Å². The predicted octanol–water partition coefficient (Wildman–Crippen LogP) is 3.08. The molecule has 2 aromatic heterocycles. The Morgan fingerprint density at radius 3 is 2.33 bits per heavy atom. The van der Waals surface area contributed by atoms with Gasteiger partial charge in [-0.1, -0.05) is 12.1 Å². The van der Waals surface area contributed by atoms with Crippen LogP contribution < -0.4 is 10.5 Å². The first-order chi connectivity index (χ1) is 11.2. The van der Waals surface area contributed by atoms with Crippen LogP contribution in [0.4, 0.5) is 18.9 Å². The van der Waals surface area contributed by atoms with Crippen molar-refractivity contribution < 1.29 is 13.2 Å². The first-order valence-corrected chi connectivity index (χ1v) is 7.16. The van der Waals surface area contributed by atoms with Gasteiger partial charge in [-0.2, -0.15) is 17.7 Å². The molecule has 0 bridgehead atoms. The van der Waals surface area contributed by atoms with Crippen molar-refractivity contribution in [2.24, 2.45) is 0 Å². The van der Waals surface area contributed by atoms with Gasteiger partial charge in [-0.25, -0.2) is 4.98 Å². The van der Waals surface area contributed by atoms with Gasteiger partial charge in [-0.3, -0.25) is 9.89 Å². The van der Waals surface area contributed by atoms with E-state index in [1.54, 1.807) is 32.0 Å². The van der Waals surface area contributed by atoms with Gasteiger partial charge in [0.1, 0.15) is 5.69 Å². The summed E-state index contributed by atoms with van der Waals surface area (Å²) >= 11 is 0. The number of rotatable bonds is 2. The summed E-state index contributed by atoms with van der Waals surface area (Å²) in [5.74, 6) is 0. The normalized spacial score (nSPS) is 11.9. The summed E-state index contributed by atoms with van der Waals surface area (Å²) in [5, 5.41) is 2.89. The van der Waals surface area contributed by atoms with Gasteiger partial charge in [-0.05, 0) is 24.6 Å². The predicted molar refractivity (Wildman–Crippen MR) is 85.3 cm³/mol. The summed E-state index contributed by atoms with van der Waals surface area (Å²) in [5.41, 5.74) is 1.53. The monoisotopic (exact) mass is 336 g/mol. The molecule has 2 heterocycles. The molecule has 0 radical (unpaired) electrons. The molecule has 5 nitrogen and oxygen atoms in total. The van der Waals surface area contributed by atoms with Crippen LogP contribution >= 0.6 is 0 Å². The van der Waals surface area contributed by atoms with Gasteiger partial charge >= 0.3 is 6.18 Å². The quantitative estimate of drug-likeness (QED) is 0.782. The molecule has 3 aromatic rings. The standard InChI is InChI=1S/C16H15F3N4O/c1-9-14(22(2)3)15(24)23-13(20-9)8-12(21-23)10-4-6-11(7-5-10)16(17,18)19/h4-8,21H,1-3H3. The van der Waals surface area contributed by atoms with E-state index in [9.17, 15) is 18.0 Å². The summed E-state index contributed by atoms with van der Waals surface area (Å²) in [4.78, 5) is 18.6. The number of hydrogen-bond donors (Lipinski definition) is 1. The van der Waals surface area contributed by atoms with Gasteiger partial charge in [0.05, 0.1) is 17.0 Å². The fourth-order valence-corrected chi connectivity index (χ4v) is 2.63. The minimum atomic E-state index is -4.38. The number of aromatic nitrogens is 3. The van der Waals surface area contributed by atoms with Crippen molar-refractivity contribution in [2.45, 2.75) is 13.1 Å². The maximum Gasteiger partial charge on any atom is 0.416 e. The Balaban J connectivity index is 2.12. The lowest BCUT2D eigenvalue weighted by atomic mass is 10.1. The zero-order valence-corrected chi connectivity index (χ0v) is 13.3. The molecule has 1 aromatic carbocycles. The average Bonchev–Trinajstić information content (AvgIpc) is 2.90. The van der Waals surface area contributed by atoms with E-state index < -0.39 is 11.7 Å². The SMILES string of the molecule is Cc1nc2cc(-c3ccc(C(F)(F)F)cc3)[nH]n2c(=O)c1N(C)C. The number of fused-ring (bicyclic) bond motifs is 1. The molecular weight excluding hydrogens is 321 g/mol. The number of nitrogens with one attached hydrogen (secondary N) is 1. The van der Waals surface area contributed by atoms with Gasteiger partial charge in [0.15, 0.2) is 5.65 Å². The Morgan fingerprint density at radius 1 is 1.17 bits per heavy atom. The van der Waals surface area contributed by atoms with Crippen LogP contribution in [0.3, 0.4) is 0 Å². The summed E-state index contributed by atoms with van der Waals surface area (Å²) < 4.78 is 39.2. The van der Waals surface area contributed by atoms with Crippen LogP contribution in [0.15, 0.2) is 35.1 Å². The van der Waals surface area contributed by atoms with Crippen LogP contribution in [0.2, 0.25) is 0 Å². The van der Waals surface area contributed by atoms with Gasteiger partial charge < -0.3 is 4.90 Å². The molecule has 3 rings (SSSR count). The number of aromatic amines is 1. The Labute approximate surface area is 135 Å². The number of halogens is 3. The fourth-order valence-electron chi connectivity index (χ4n) is 2.63. The van der Waals surface area contributed by atoms with E-state index in [4.69, 9.17) is 0 Å². The van der Waals surface area contributed by atoms with Crippen LogP contribution in [-0.4, -0.2) is 28.7 Å². The number of alkyl halides is 3. The van der Waals surface area contributed by atoms with Crippen molar-refractivity contribution in [1.29, 1.82) is 0 Å². The van der Waals surface area contributed by atoms with Gasteiger partial charge in [0, 0.05) is 20.2 Å². The molecule has 0 atom stereocenters. The second-order valence-electron chi connectivity index (χ2n) is 5.68. The zero-order valence-electron chi connectivity index (χ0n) is 13.3. The van der Waals surface area contributed by atoms with Crippen LogP contribution in [0.1, 0.15) is 11.3 Å². The third kappa shape index (κ3) is 2.64. The van der Waals surface area contributed by atoms with Crippen LogP contribution in [-0.2, 0) is 6.18 Å². The Morgan fingerprint density at radius 2 is 1.79 bits per heavy atom. The van der Waals surface area contributed by atoms with E-state index in [2.05, 4.69) is 10.1 Å². The summed E-state index contributed by atoms with van der Waals surface area (Å²) in [6.07, 6.45) is -4.38. The first kappa shape index (κ1) is 16.1. The summed E-state index contributed by atoms with van der Waals surface area (Å²) in [6.45, 7) is 1.74. The highest BCUT2D eigenvalue weighted by molar-refractivity contribution is 5.65. The summed E-state index contributed by atoms with van der Waals surface area (Å²) in [6, 6.07) is 6.37. The highest BCUT2D eigenvalue weighted by Crippen LogP contribution is 2.30. The lowest BCUT2D eigenvalue weighted by Crippen LogP contribution is -2.26. The third-order valence-corrected chi connectivity index (χ3v) is 3.74. The lowest BCUT2D eigenvalue weighted by Gasteiger charge is -2.13. The highest BCUT2D eigenvalue weighted by atomic mass is 19.4. The van der Waals surface area contributed by atoms with E-state index >= 15 is 0 Å². The van der Waals surface area contributed by atoms with Crippen molar-refractivity contribution in [3.8, 4) is 11.3 Å². The molecule has 0 unspecified atom stereocenters. The molecule has 0 saturated carbocycles. The highest BCUT2D eigenvalue weighted by Gasteiger charge is 2.30. The van der Waals surface area contributed by atoms with E-state index in [1.165, 1.54) is 16.6 Å². The number of hydrogen-bond acceptors (Lipinski definition) is 3. The number of anilines is 1. The molecule has 0 fully saturated rings.